The number of hydrogen-bond donors (Lipinski definition) is 1. The van der Waals surface area contributed by atoms with Crippen LogP contribution in [-0.2, 0) is 29.1 Å². The lowest BCUT2D eigenvalue weighted by Gasteiger charge is -2.24. The molecule has 1 N–H and O–H groups in total. The molecule has 12 heteroatoms. The zero-order valence-electron chi connectivity index (χ0n) is 26.0. The number of fused-ring (bicyclic) bond motifs is 1. The van der Waals surface area contributed by atoms with Gasteiger partial charge in [-0.2, -0.15) is 0 Å². The molecule has 2 aromatic carbocycles. The number of furan rings is 1. The first-order valence-corrected chi connectivity index (χ1v) is 16.9. The number of ketones is 2. The highest BCUT2D eigenvalue weighted by atomic mass is 32.2. The van der Waals surface area contributed by atoms with Crippen molar-refractivity contribution in [1.29, 1.82) is 0 Å². The number of nitrogens with one attached hydrogen (secondary N) is 1. The second-order valence-corrected chi connectivity index (χ2v) is 13.4. The maximum Gasteiger partial charge on any atom is 0.308 e. The molecule has 1 aliphatic rings. The molecule has 1 heterocycles. The Morgan fingerprint density at radius 3 is 2.40 bits per heavy atom. The highest BCUT2D eigenvalue weighted by molar-refractivity contribution is 7.92. The van der Waals surface area contributed by atoms with Crippen LogP contribution in [0.15, 0.2) is 40.8 Å². The molecule has 0 bridgehead atoms. The van der Waals surface area contributed by atoms with Gasteiger partial charge in [-0.05, 0) is 67.5 Å². The molecule has 4 rings (SSSR count). The third kappa shape index (κ3) is 8.36. The summed E-state index contributed by atoms with van der Waals surface area (Å²) in [5, 5.41) is 3.25. The van der Waals surface area contributed by atoms with E-state index in [1.807, 2.05) is 0 Å². The van der Waals surface area contributed by atoms with Gasteiger partial charge in [-0.3, -0.25) is 23.5 Å². The van der Waals surface area contributed by atoms with Crippen molar-refractivity contribution >= 4 is 50.1 Å². The monoisotopic (exact) mass is 642 g/mol. The van der Waals surface area contributed by atoms with E-state index in [0.29, 0.717) is 47.2 Å². The van der Waals surface area contributed by atoms with Crippen molar-refractivity contribution in [2.45, 2.75) is 64.7 Å². The minimum atomic E-state index is -3.94. The number of methoxy groups -OCH3 is 1. The van der Waals surface area contributed by atoms with Crippen molar-refractivity contribution in [2.75, 3.05) is 30.8 Å². The lowest BCUT2D eigenvalue weighted by Crippen LogP contribution is -2.36. The number of Topliss-reactive ketones (excluding diaryl/α,β-unsaturated/α-hetero) is 2. The van der Waals surface area contributed by atoms with Crippen molar-refractivity contribution in [3.05, 3.63) is 53.3 Å². The van der Waals surface area contributed by atoms with E-state index in [1.165, 1.54) is 31.4 Å². The van der Waals surface area contributed by atoms with Crippen LogP contribution in [0.1, 0.15) is 80.6 Å². The third-order valence-corrected chi connectivity index (χ3v) is 9.05. The van der Waals surface area contributed by atoms with Gasteiger partial charge in [0.1, 0.15) is 17.2 Å². The molecule has 0 radical (unpaired) electrons. The van der Waals surface area contributed by atoms with Crippen LogP contribution in [0.4, 0.5) is 10.1 Å². The zero-order valence-corrected chi connectivity index (χ0v) is 26.8. The van der Waals surface area contributed by atoms with Crippen molar-refractivity contribution < 1.29 is 41.1 Å². The Balaban J connectivity index is 1.56. The molecule has 0 spiro atoms. The fourth-order valence-electron chi connectivity index (χ4n) is 5.26. The fourth-order valence-corrected chi connectivity index (χ4v) is 6.16. The molecule has 1 saturated carbocycles. The average Bonchev–Trinajstić information content (AvgIpc) is 3.79. The molecule has 1 atom stereocenters. The Kier molecular flexibility index (Phi) is 10.8. The number of halogens is 1. The van der Waals surface area contributed by atoms with Crippen LogP contribution < -0.4 is 9.62 Å². The van der Waals surface area contributed by atoms with Crippen LogP contribution in [-0.4, -0.2) is 58.3 Å². The highest BCUT2D eigenvalue weighted by Crippen LogP contribution is 2.48. The molecular formula is C33H39FN2O8S. The topological polar surface area (TPSA) is 140 Å². The standard InChI is InChI=1S/C33H39FN2O8S/c1-5-28(38)31-26-17-25(21-8-9-21)27(18-29(26)44-32(31)22-10-12-23(34)13-11-22)36(45(4,41)42)19-24(37)14-15-30(39)35-16-6-7-20(2)33(40)43-3/h10-13,17-18,20-21H,5-9,14-16,19H2,1-4H3,(H,35,39). The molecule has 0 saturated heterocycles. The molecule has 1 fully saturated rings. The lowest BCUT2D eigenvalue weighted by molar-refractivity contribution is -0.145. The van der Waals surface area contributed by atoms with Gasteiger partial charge in [0.2, 0.25) is 15.9 Å². The number of rotatable bonds is 16. The van der Waals surface area contributed by atoms with Crippen LogP contribution in [0.3, 0.4) is 0 Å². The first-order valence-electron chi connectivity index (χ1n) is 15.1. The summed E-state index contributed by atoms with van der Waals surface area (Å²) < 4.78 is 51.6. The molecule has 1 aliphatic carbocycles. The first-order chi connectivity index (χ1) is 21.3. The second-order valence-electron chi connectivity index (χ2n) is 11.5. The Morgan fingerprint density at radius 1 is 1.11 bits per heavy atom. The molecule has 1 unspecified atom stereocenters. The van der Waals surface area contributed by atoms with Gasteiger partial charge in [0.05, 0.1) is 37.1 Å². The number of carbonyl (C=O) groups is 4. The fraction of sp³-hybridized carbons (Fsp3) is 0.455. The summed E-state index contributed by atoms with van der Waals surface area (Å²) in [6.07, 6.45) is 3.68. The van der Waals surface area contributed by atoms with E-state index < -0.39 is 28.2 Å². The molecule has 45 heavy (non-hydrogen) atoms. The van der Waals surface area contributed by atoms with Crippen LogP contribution in [0.2, 0.25) is 0 Å². The van der Waals surface area contributed by atoms with Crippen molar-refractivity contribution in [2.24, 2.45) is 5.92 Å². The molecule has 1 amide bonds. The Hall–Kier alpha value is -4.06. The zero-order chi connectivity index (χ0) is 32.9. The van der Waals surface area contributed by atoms with E-state index in [0.717, 1.165) is 23.4 Å². The Labute approximate surface area is 262 Å². The van der Waals surface area contributed by atoms with Crippen molar-refractivity contribution in [1.82, 2.24) is 5.32 Å². The number of nitrogens with zero attached hydrogens (tertiary/aromatic N) is 1. The normalized spacial score (nSPS) is 13.8. The van der Waals surface area contributed by atoms with Gasteiger partial charge in [-0.25, -0.2) is 12.8 Å². The number of esters is 1. The molecule has 242 valence electrons. The van der Waals surface area contributed by atoms with Gasteiger partial charge in [0.25, 0.3) is 0 Å². The quantitative estimate of drug-likeness (QED) is 0.122. The summed E-state index contributed by atoms with van der Waals surface area (Å²) in [4.78, 5) is 50.0. The van der Waals surface area contributed by atoms with E-state index in [2.05, 4.69) is 10.1 Å². The Morgan fingerprint density at radius 2 is 1.80 bits per heavy atom. The minimum Gasteiger partial charge on any atom is -0.469 e. The van der Waals surface area contributed by atoms with Crippen LogP contribution in [0.25, 0.3) is 22.3 Å². The number of benzene rings is 2. The van der Waals surface area contributed by atoms with Gasteiger partial charge in [-0.15, -0.1) is 0 Å². The Bertz CT molecular complexity index is 1690. The number of ether oxygens (including phenoxy) is 1. The maximum absolute atomic E-state index is 13.6. The average molecular weight is 643 g/mol. The van der Waals surface area contributed by atoms with E-state index in [-0.39, 0.29) is 60.1 Å². The van der Waals surface area contributed by atoms with Crippen molar-refractivity contribution in [3.63, 3.8) is 0 Å². The SMILES string of the molecule is CCC(=O)c1c(-c2ccc(F)cc2)oc2cc(N(CC(=O)CCC(=O)NCCCC(C)C(=O)OC)S(C)(=O)=O)c(C3CC3)cc12. The van der Waals surface area contributed by atoms with Crippen LogP contribution in [0.5, 0.6) is 0 Å². The summed E-state index contributed by atoms with van der Waals surface area (Å²) >= 11 is 0. The predicted octanol–water partition coefficient (Wildman–Crippen LogP) is 5.53. The van der Waals surface area contributed by atoms with E-state index in [4.69, 9.17) is 4.42 Å². The number of sulfonamides is 1. The van der Waals surface area contributed by atoms with E-state index in [1.54, 1.807) is 26.0 Å². The van der Waals surface area contributed by atoms with Crippen molar-refractivity contribution in [3.8, 4) is 11.3 Å². The summed E-state index contributed by atoms with van der Waals surface area (Å²) in [6.45, 7) is 3.33. The van der Waals surface area contributed by atoms with Crippen LogP contribution in [0, 0.1) is 11.7 Å². The summed E-state index contributed by atoms with van der Waals surface area (Å²) in [6, 6.07) is 8.91. The van der Waals surface area contributed by atoms with E-state index >= 15 is 0 Å². The molecular weight excluding hydrogens is 603 g/mol. The van der Waals surface area contributed by atoms with Gasteiger partial charge < -0.3 is 14.5 Å². The smallest absolute Gasteiger partial charge is 0.308 e. The first kappa shape index (κ1) is 33.8. The van der Waals surface area contributed by atoms with Crippen LogP contribution >= 0.6 is 0 Å². The minimum absolute atomic E-state index is 0.0465. The summed E-state index contributed by atoms with van der Waals surface area (Å²) in [5.41, 5.74) is 2.11. The highest BCUT2D eigenvalue weighted by Gasteiger charge is 2.33. The number of amides is 1. The third-order valence-electron chi connectivity index (χ3n) is 7.92. The molecule has 1 aromatic heterocycles. The number of hydrogen-bond acceptors (Lipinski definition) is 8. The van der Waals surface area contributed by atoms with Gasteiger partial charge in [0.15, 0.2) is 11.6 Å². The van der Waals surface area contributed by atoms with Gasteiger partial charge in [0, 0.05) is 42.8 Å². The molecule has 10 nitrogen and oxygen atoms in total. The lowest BCUT2D eigenvalue weighted by atomic mass is 9.97. The van der Waals surface area contributed by atoms with Gasteiger partial charge in [-0.1, -0.05) is 13.8 Å². The number of anilines is 1. The predicted molar refractivity (Wildman–Crippen MR) is 168 cm³/mol. The molecule has 0 aliphatic heterocycles. The number of carbonyl (C=O) groups excluding carboxylic acids is 4. The van der Waals surface area contributed by atoms with E-state index in [9.17, 15) is 32.0 Å². The largest absolute Gasteiger partial charge is 0.469 e. The van der Waals surface area contributed by atoms with Gasteiger partial charge >= 0.3 is 5.97 Å². The summed E-state index contributed by atoms with van der Waals surface area (Å²) in [7, 11) is -2.62. The maximum atomic E-state index is 13.6. The summed E-state index contributed by atoms with van der Waals surface area (Å²) in [5.74, 6) is -1.69. The second kappa shape index (κ2) is 14.4. The molecule has 3 aromatic rings.